The Kier molecular flexibility index (Phi) is 3.06. The van der Waals surface area contributed by atoms with Crippen LogP contribution in [0.2, 0.25) is 5.15 Å². The van der Waals surface area contributed by atoms with Crippen LogP contribution in [-0.2, 0) is 0 Å². The number of amides is 1. The van der Waals surface area contributed by atoms with Crippen LogP contribution < -0.4 is 9.80 Å². The Hall–Kier alpha value is -2.14. The molecule has 0 atom stereocenters. The Morgan fingerprint density at radius 1 is 1.25 bits per heavy atom. The smallest absolute Gasteiger partial charge is 0.262 e. The fraction of sp³-hybridized carbons (Fsp3) is 0.214. The van der Waals surface area contributed by atoms with Crippen LogP contribution in [0.15, 0.2) is 30.5 Å². The van der Waals surface area contributed by atoms with Gasteiger partial charge in [-0.1, -0.05) is 11.6 Å². The van der Waals surface area contributed by atoms with E-state index in [0.29, 0.717) is 28.9 Å². The standard InChI is InChI=1S/C14H13ClN4O/c1-3-19-10-6-7-11(15)17-13(10)18(2)12-9(14(19)20)5-4-8-16-12/h4-8H,3H2,1-2H3. The molecule has 0 unspecified atom stereocenters. The summed E-state index contributed by atoms with van der Waals surface area (Å²) in [6.07, 6.45) is 1.66. The van der Waals surface area contributed by atoms with Crippen molar-refractivity contribution in [1.29, 1.82) is 0 Å². The average molecular weight is 289 g/mol. The first-order chi connectivity index (χ1) is 9.63. The van der Waals surface area contributed by atoms with Crippen molar-refractivity contribution < 1.29 is 4.79 Å². The van der Waals surface area contributed by atoms with Crippen molar-refractivity contribution in [2.75, 3.05) is 23.4 Å². The Morgan fingerprint density at radius 3 is 2.80 bits per heavy atom. The van der Waals surface area contributed by atoms with Crippen molar-refractivity contribution >= 4 is 34.8 Å². The summed E-state index contributed by atoms with van der Waals surface area (Å²) in [6.45, 7) is 2.48. The molecule has 5 nitrogen and oxygen atoms in total. The van der Waals surface area contributed by atoms with Crippen LogP contribution in [0.25, 0.3) is 0 Å². The molecule has 0 saturated heterocycles. The molecule has 0 spiro atoms. The summed E-state index contributed by atoms with van der Waals surface area (Å²) in [5.74, 6) is 1.14. The minimum atomic E-state index is -0.0784. The fourth-order valence-electron chi connectivity index (χ4n) is 2.38. The second-order valence-corrected chi connectivity index (χ2v) is 4.85. The lowest BCUT2D eigenvalue weighted by atomic mass is 10.2. The summed E-state index contributed by atoms with van der Waals surface area (Å²) in [5, 5.41) is 0.387. The summed E-state index contributed by atoms with van der Waals surface area (Å²) < 4.78 is 0. The van der Waals surface area contributed by atoms with Crippen LogP contribution in [0.5, 0.6) is 0 Å². The summed E-state index contributed by atoms with van der Waals surface area (Å²) in [7, 11) is 1.83. The molecule has 0 aliphatic carbocycles. The summed E-state index contributed by atoms with van der Waals surface area (Å²) >= 11 is 5.99. The molecule has 6 heteroatoms. The zero-order valence-electron chi connectivity index (χ0n) is 11.2. The lowest BCUT2D eigenvalue weighted by Gasteiger charge is -2.22. The summed E-state index contributed by atoms with van der Waals surface area (Å²) in [6, 6.07) is 7.04. The van der Waals surface area contributed by atoms with Gasteiger partial charge in [0.05, 0.1) is 11.3 Å². The lowest BCUT2D eigenvalue weighted by Crippen LogP contribution is -2.30. The SMILES string of the molecule is CCN1C(=O)c2cccnc2N(C)c2nc(Cl)ccc21. The predicted octanol–water partition coefficient (Wildman–Crippen LogP) is 2.88. The van der Waals surface area contributed by atoms with E-state index in [0.717, 1.165) is 5.69 Å². The maximum Gasteiger partial charge on any atom is 0.262 e. The van der Waals surface area contributed by atoms with Gasteiger partial charge >= 0.3 is 0 Å². The topological polar surface area (TPSA) is 49.3 Å². The van der Waals surface area contributed by atoms with Gasteiger partial charge in [0.1, 0.15) is 11.0 Å². The van der Waals surface area contributed by atoms with E-state index >= 15 is 0 Å². The highest BCUT2D eigenvalue weighted by Gasteiger charge is 2.30. The van der Waals surface area contributed by atoms with Crippen LogP contribution in [0, 0.1) is 0 Å². The number of aromatic nitrogens is 2. The number of rotatable bonds is 1. The molecule has 0 bridgehead atoms. The van der Waals surface area contributed by atoms with Crippen molar-refractivity contribution in [2.24, 2.45) is 0 Å². The number of hydrogen-bond donors (Lipinski definition) is 0. The molecule has 2 aromatic heterocycles. The van der Waals surface area contributed by atoms with Crippen LogP contribution in [-0.4, -0.2) is 29.5 Å². The van der Waals surface area contributed by atoms with E-state index < -0.39 is 0 Å². The van der Waals surface area contributed by atoms with Gasteiger partial charge in [0.15, 0.2) is 5.82 Å². The van der Waals surface area contributed by atoms with Crippen molar-refractivity contribution in [3.8, 4) is 0 Å². The zero-order chi connectivity index (χ0) is 14.3. The first kappa shape index (κ1) is 12.9. The molecule has 3 rings (SSSR count). The van der Waals surface area contributed by atoms with Crippen LogP contribution in [0.1, 0.15) is 17.3 Å². The molecule has 1 amide bonds. The molecule has 0 radical (unpaired) electrons. The molecule has 0 fully saturated rings. The van der Waals surface area contributed by atoms with Crippen LogP contribution in [0.4, 0.5) is 17.3 Å². The van der Waals surface area contributed by atoms with Gasteiger partial charge in [0.2, 0.25) is 0 Å². The third-order valence-electron chi connectivity index (χ3n) is 3.33. The van der Waals surface area contributed by atoms with Gasteiger partial charge in [0, 0.05) is 19.8 Å². The second kappa shape index (κ2) is 4.76. The van der Waals surface area contributed by atoms with Gasteiger partial charge in [0.25, 0.3) is 5.91 Å². The van der Waals surface area contributed by atoms with E-state index in [9.17, 15) is 4.79 Å². The molecule has 0 N–H and O–H groups in total. The molecule has 2 aromatic rings. The minimum Gasteiger partial charge on any atom is -0.312 e. The lowest BCUT2D eigenvalue weighted by molar-refractivity contribution is 0.0989. The highest BCUT2D eigenvalue weighted by atomic mass is 35.5. The zero-order valence-corrected chi connectivity index (χ0v) is 11.9. The predicted molar refractivity (Wildman–Crippen MR) is 78.9 cm³/mol. The number of halogens is 1. The van der Waals surface area contributed by atoms with Crippen molar-refractivity contribution in [3.63, 3.8) is 0 Å². The Labute approximate surface area is 121 Å². The number of nitrogens with zero attached hydrogens (tertiary/aromatic N) is 4. The second-order valence-electron chi connectivity index (χ2n) is 4.46. The summed E-state index contributed by atoms with van der Waals surface area (Å²) in [5.41, 5.74) is 1.30. The van der Waals surface area contributed by atoms with Gasteiger partial charge in [-0.25, -0.2) is 9.97 Å². The number of hydrogen-bond acceptors (Lipinski definition) is 4. The third-order valence-corrected chi connectivity index (χ3v) is 3.54. The van der Waals surface area contributed by atoms with Crippen molar-refractivity contribution in [2.45, 2.75) is 6.92 Å². The molecule has 0 aromatic carbocycles. The van der Waals surface area contributed by atoms with Gasteiger partial charge in [-0.15, -0.1) is 0 Å². The highest BCUT2D eigenvalue weighted by Crippen LogP contribution is 2.37. The maximum absolute atomic E-state index is 12.7. The van der Waals surface area contributed by atoms with Crippen molar-refractivity contribution in [3.05, 3.63) is 41.2 Å². The van der Waals surface area contributed by atoms with Gasteiger partial charge in [-0.3, -0.25) is 4.79 Å². The summed E-state index contributed by atoms with van der Waals surface area (Å²) in [4.78, 5) is 24.8. The van der Waals surface area contributed by atoms with Gasteiger partial charge in [-0.05, 0) is 31.2 Å². The molecular weight excluding hydrogens is 276 g/mol. The first-order valence-electron chi connectivity index (χ1n) is 6.30. The number of carbonyl (C=O) groups excluding carboxylic acids is 1. The minimum absolute atomic E-state index is 0.0784. The molecule has 102 valence electrons. The molecule has 0 saturated carbocycles. The third kappa shape index (κ3) is 1.82. The molecule has 20 heavy (non-hydrogen) atoms. The molecular formula is C14H13ClN4O. The van der Waals surface area contributed by atoms with E-state index in [2.05, 4.69) is 9.97 Å². The number of anilines is 3. The molecule has 1 aliphatic heterocycles. The molecule has 3 heterocycles. The highest BCUT2D eigenvalue weighted by molar-refractivity contribution is 6.29. The largest absolute Gasteiger partial charge is 0.312 e. The van der Waals surface area contributed by atoms with E-state index in [1.807, 2.05) is 20.0 Å². The Morgan fingerprint density at radius 2 is 2.05 bits per heavy atom. The maximum atomic E-state index is 12.7. The Balaban J connectivity index is 2.31. The van der Waals surface area contributed by atoms with E-state index in [-0.39, 0.29) is 5.91 Å². The Bertz CT molecular complexity index is 689. The van der Waals surface area contributed by atoms with Crippen LogP contribution in [0.3, 0.4) is 0 Å². The van der Waals surface area contributed by atoms with E-state index in [1.165, 1.54) is 0 Å². The molecule has 1 aliphatic rings. The normalized spacial score (nSPS) is 13.8. The first-order valence-corrected chi connectivity index (χ1v) is 6.68. The number of pyridine rings is 2. The average Bonchev–Trinajstić information content (AvgIpc) is 2.55. The fourth-order valence-corrected chi connectivity index (χ4v) is 2.52. The van der Waals surface area contributed by atoms with Gasteiger partial charge in [-0.2, -0.15) is 0 Å². The monoisotopic (exact) mass is 288 g/mol. The number of fused-ring (bicyclic) bond motifs is 2. The van der Waals surface area contributed by atoms with Crippen molar-refractivity contribution in [1.82, 2.24) is 9.97 Å². The van der Waals surface area contributed by atoms with E-state index in [1.54, 1.807) is 34.2 Å². The number of carbonyl (C=O) groups is 1. The van der Waals surface area contributed by atoms with E-state index in [4.69, 9.17) is 11.6 Å². The van der Waals surface area contributed by atoms with Crippen LogP contribution >= 0.6 is 11.6 Å². The quantitative estimate of drug-likeness (QED) is 0.757. The van der Waals surface area contributed by atoms with Gasteiger partial charge < -0.3 is 9.80 Å².